The number of ether oxygens (including phenoxy) is 2. The van der Waals surface area contributed by atoms with Gasteiger partial charge in [0.1, 0.15) is 5.15 Å². The number of aliphatic hydroxyl groups excluding tert-OH is 1. The van der Waals surface area contributed by atoms with Crippen molar-refractivity contribution in [2.45, 2.75) is 82.6 Å². The Morgan fingerprint density at radius 3 is 2.35 bits per heavy atom. The first-order valence-electron chi connectivity index (χ1n) is 15.3. The fourth-order valence-corrected chi connectivity index (χ4v) is 8.74. The first-order valence-corrected chi connectivity index (χ1v) is 16.1. The van der Waals surface area contributed by atoms with E-state index in [-0.39, 0.29) is 41.5 Å². The average molecular weight is 626 g/mol. The molecule has 228 valence electrons. The molecule has 1 aliphatic heterocycles. The smallest absolute Gasteiger partial charge is 0.319 e. The Hall–Kier alpha value is -2.62. The lowest BCUT2D eigenvalue weighted by Crippen LogP contribution is -2.60. The Labute approximate surface area is 262 Å². The minimum atomic E-state index is -0.686. The van der Waals surface area contributed by atoms with Gasteiger partial charge in [-0.05, 0) is 79.5 Å². The van der Waals surface area contributed by atoms with Crippen LogP contribution in [-0.2, 0) is 22.6 Å². The monoisotopic (exact) mass is 624 g/mol. The number of urea groups is 1. The third kappa shape index (κ3) is 5.92. The predicted molar refractivity (Wildman–Crippen MR) is 165 cm³/mol. The van der Waals surface area contributed by atoms with Gasteiger partial charge in [0.2, 0.25) is 0 Å². The molecule has 3 aromatic rings. The van der Waals surface area contributed by atoms with Gasteiger partial charge in [0.25, 0.3) is 0 Å². The van der Waals surface area contributed by atoms with Crippen molar-refractivity contribution in [3.05, 3.63) is 81.9 Å². The predicted octanol–water partition coefficient (Wildman–Crippen LogP) is 7.26. The Kier molecular flexibility index (Phi) is 7.93. The molecule has 1 aromatic heterocycles. The summed E-state index contributed by atoms with van der Waals surface area (Å²) in [5.41, 5.74) is 3.25. The van der Waals surface area contributed by atoms with Crippen molar-refractivity contribution in [3.63, 3.8) is 0 Å². The molecule has 5 fully saturated rings. The van der Waals surface area contributed by atoms with Gasteiger partial charge in [0.15, 0.2) is 11.4 Å². The van der Waals surface area contributed by atoms with E-state index >= 15 is 0 Å². The molecular formula is C33H38Cl2N4O4. The second kappa shape index (κ2) is 11.7. The van der Waals surface area contributed by atoms with Gasteiger partial charge in [0, 0.05) is 22.7 Å². The maximum absolute atomic E-state index is 13.3. The molecule has 2 amide bonds. The zero-order valence-electron chi connectivity index (χ0n) is 24.2. The van der Waals surface area contributed by atoms with Crippen molar-refractivity contribution in [1.82, 2.24) is 14.9 Å². The number of hydrogen-bond acceptors (Lipinski definition) is 5. The van der Waals surface area contributed by atoms with E-state index in [9.17, 15) is 9.90 Å². The maximum atomic E-state index is 13.3. The van der Waals surface area contributed by atoms with Crippen LogP contribution in [0.2, 0.25) is 10.3 Å². The van der Waals surface area contributed by atoms with Crippen molar-refractivity contribution < 1.29 is 19.4 Å². The molecule has 3 N–H and O–H groups in total. The van der Waals surface area contributed by atoms with Gasteiger partial charge in [-0.15, -0.1) is 0 Å². The molecule has 5 aliphatic rings. The van der Waals surface area contributed by atoms with Gasteiger partial charge in [-0.25, -0.2) is 9.78 Å². The fraction of sp³-hybridized carbons (Fsp3) is 0.515. The summed E-state index contributed by atoms with van der Waals surface area (Å²) in [4.78, 5) is 17.4. The Balaban J connectivity index is 1.10. The minimum absolute atomic E-state index is 0.0220. The van der Waals surface area contributed by atoms with Crippen LogP contribution in [0.1, 0.15) is 74.5 Å². The molecule has 4 atom stereocenters. The Morgan fingerprint density at radius 1 is 1.02 bits per heavy atom. The molecule has 4 aliphatic carbocycles. The molecule has 2 heterocycles. The Bertz CT molecular complexity index is 1440. The second-order valence-corrected chi connectivity index (χ2v) is 13.9. The number of nitrogens with zero attached hydrogens (tertiary/aromatic N) is 2. The number of nitrogens with one attached hydrogen (secondary N) is 2. The van der Waals surface area contributed by atoms with Gasteiger partial charge in [-0.2, -0.15) is 0 Å². The first-order chi connectivity index (χ1) is 20.8. The van der Waals surface area contributed by atoms with Crippen LogP contribution in [0, 0.1) is 23.7 Å². The fourth-order valence-electron chi connectivity index (χ4n) is 8.42. The van der Waals surface area contributed by atoms with Crippen LogP contribution in [0.5, 0.6) is 0 Å². The molecule has 4 saturated carbocycles. The lowest BCUT2D eigenvalue weighted by atomic mass is 9.53. The highest BCUT2D eigenvalue weighted by Crippen LogP contribution is 2.55. The van der Waals surface area contributed by atoms with E-state index < -0.39 is 6.29 Å². The highest BCUT2D eigenvalue weighted by atomic mass is 35.5. The molecule has 10 heteroatoms. The average Bonchev–Trinajstić information content (AvgIpc) is 3.29. The molecule has 2 aromatic carbocycles. The van der Waals surface area contributed by atoms with Crippen molar-refractivity contribution in [2.24, 2.45) is 23.7 Å². The highest BCUT2D eigenvalue weighted by molar-refractivity contribution is 6.40. The number of aromatic nitrogens is 2. The molecule has 0 unspecified atom stereocenters. The van der Waals surface area contributed by atoms with Crippen molar-refractivity contribution in [3.8, 4) is 0 Å². The summed E-state index contributed by atoms with van der Waals surface area (Å²) in [6.07, 6.45) is 7.66. The topological polar surface area (TPSA) is 97.6 Å². The third-order valence-corrected chi connectivity index (χ3v) is 10.8. The van der Waals surface area contributed by atoms with E-state index in [2.05, 4.69) is 22.5 Å². The molecular weight excluding hydrogens is 587 g/mol. The molecule has 1 saturated heterocycles. The van der Waals surface area contributed by atoms with Gasteiger partial charge in [-0.3, -0.25) is 0 Å². The number of anilines is 1. The van der Waals surface area contributed by atoms with E-state index in [0.717, 1.165) is 53.7 Å². The van der Waals surface area contributed by atoms with Crippen LogP contribution in [0.3, 0.4) is 0 Å². The van der Waals surface area contributed by atoms with Gasteiger partial charge in [-0.1, -0.05) is 66.5 Å². The summed E-state index contributed by atoms with van der Waals surface area (Å²) in [6, 6.07) is 15.3. The van der Waals surface area contributed by atoms with E-state index in [1.807, 2.05) is 48.5 Å². The summed E-state index contributed by atoms with van der Waals surface area (Å²) >= 11 is 12.5. The number of rotatable bonds is 7. The number of benzene rings is 2. The Morgan fingerprint density at radius 2 is 1.72 bits per heavy atom. The summed E-state index contributed by atoms with van der Waals surface area (Å²) in [5, 5.41) is 16.6. The summed E-state index contributed by atoms with van der Waals surface area (Å²) in [6.45, 7) is 2.51. The van der Waals surface area contributed by atoms with Gasteiger partial charge < -0.3 is 29.8 Å². The van der Waals surface area contributed by atoms with Crippen LogP contribution in [0.4, 0.5) is 10.5 Å². The van der Waals surface area contributed by atoms with Crippen LogP contribution < -0.4 is 10.6 Å². The summed E-state index contributed by atoms with van der Waals surface area (Å²) in [7, 11) is 0. The lowest BCUT2D eigenvalue weighted by molar-refractivity contribution is -0.276. The number of carbonyl (C=O) groups excluding carboxylic acids is 1. The number of carbonyl (C=O) groups is 1. The minimum Gasteiger partial charge on any atom is -0.392 e. The third-order valence-electron chi connectivity index (χ3n) is 10.1. The number of hydrogen-bond donors (Lipinski definition) is 3. The summed E-state index contributed by atoms with van der Waals surface area (Å²) in [5.74, 6) is 2.23. The van der Waals surface area contributed by atoms with E-state index in [1.165, 1.54) is 19.3 Å². The van der Waals surface area contributed by atoms with E-state index in [1.54, 1.807) is 10.9 Å². The molecule has 43 heavy (non-hydrogen) atoms. The van der Waals surface area contributed by atoms with Crippen LogP contribution in [0.25, 0.3) is 0 Å². The number of aliphatic hydroxyl groups is 1. The van der Waals surface area contributed by atoms with Crippen LogP contribution in [-0.4, -0.2) is 32.3 Å². The SMILES string of the molecule is C[C@H]1[C@@H](Cn2cnc(Cl)c2Cl)O[C@@H](c2cccc(NC(=O)NC34CC5CC(CC(C5)C3)C4)c2)O[C@H]1c1ccc(CO)cc1. The highest BCUT2D eigenvalue weighted by Gasteiger charge is 2.51. The van der Waals surface area contributed by atoms with Crippen molar-refractivity contribution >= 4 is 34.9 Å². The maximum Gasteiger partial charge on any atom is 0.319 e. The van der Waals surface area contributed by atoms with Crippen molar-refractivity contribution in [2.75, 3.05) is 5.32 Å². The molecule has 0 radical (unpaired) electrons. The summed E-state index contributed by atoms with van der Waals surface area (Å²) < 4.78 is 14.9. The first kappa shape index (κ1) is 29.1. The number of imidazole rings is 1. The standard InChI is InChI=1S/C33H38Cl2N4O4/c1-19-27(16-39-18-36-29(34)30(39)35)42-31(43-28(19)24-7-5-20(17-40)6-8-24)25-3-2-4-26(12-25)37-32(41)38-33-13-21-9-22(14-33)11-23(10-21)15-33/h2-8,12,18-19,21-23,27-28,31,40H,9-11,13-17H2,1H3,(H2,37,38,41)/t19-,21?,22?,23?,27+,28+,31+,33?/m0/s1. The van der Waals surface area contributed by atoms with Gasteiger partial charge in [0.05, 0.1) is 31.7 Å². The number of amides is 2. The zero-order chi connectivity index (χ0) is 29.7. The van der Waals surface area contributed by atoms with Crippen molar-refractivity contribution in [1.29, 1.82) is 0 Å². The molecule has 0 spiro atoms. The van der Waals surface area contributed by atoms with E-state index in [4.69, 9.17) is 32.7 Å². The molecule has 4 bridgehead atoms. The van der Waals surface area contributed by atoms with Crippen LogP contribution >= 0.6 is 23.2 Å². The van der Waals surface area contributed by atoms with E-state index in [0.29, 0.717) is 17.4 Å². The lowest BCUT2D eigenvalue weighted by Gasteiger charge is -2.56. The van der Waals surface area contributed by atoms with Crippen LogP contribution in [0.15, 0.2) is 54.9 Å². The van der Waals surface area contributed by atoms with Gasteiger partial charge >= 0.3 is 6.03 Å². The molecule has 8 rings (SSSR count). The quantitative estimate of drug-likeness (QED) is 0.257. The zero-order valence-corrected chi connectivity index (χ0v) is 25.7. The number of halogens is 2. The molecule has 8 nitrogen and oxygen atoms in total. The second-order valence-electron chi connectivity index (χ2n) is 13.2. The normalized spacial score (nSPS) is 33.0. The largest absolute Gasteiger partial charge is 0.392 e.